The summed E-state index contributed by atoms with van der Waals surface area (Å²) in [6.45, 7) is 3.08. The highest BCUT2D eigenvalue weighted by atomic mass is 16.4. The lowest BCUT2D eigenvalue weighted by Gasteiger charge is -2.41. The molecule has 3 nitrogen and oxygen atoms in total. The molecule has 0 aromatic heterocycles. The number of rotatable bonds is 5. The Bertz CT molecular complexity index is 459. The van der Waals surface area contributed by atoms with Crippen LogP contribution in [-0.2, 0) is 11.3 Å². The molecule has 1 aliphatic carbocycles. The quantitative estimate of drug-likeness (QED) is 0.896. The highest BCUT2D eigenvalue weighted by molar-refractivity contribution is 5.68. The summed E-state index contributed by atoms with van der Waals surface area (Å²) in [7, 11) is 0. The van der Waals surface area contributed by atoms with E-state index in [1.165, 1.54) is 18.4 Å². The first-order valence-corrected chi connectivity index (χ1v) is 7.66. The molecule has 1 aromatic rings. The van der Waals surface area contributed by atoms with Gasteiger partial charge in [-0.1, -0.05) is 30.3 Å². The minimum atomic E-state index is -0.617. The molecule has 0 spiro atoms. The van der Waals surface area contributed by atoms with Gasteiger partial charge in [-0.2, -0.15) is 0 Å². The molecule has 20 heavy (non-hydrogen) atoms. The van der Waals surface area contributed by atoms with Crippen molar-refractivity contribution in [2.24, 2.45) is 11.3 Å². The van der Waals surface area contributed by atoms with Gasteiger partial charge >= 0.3 is 5.97 Å². The molecule has 2 aliphatic rings. The van der Waals surface area contributed by atoms with Crippen molar-refractivity contribution in [1.29, 1.82) is 0 Å². The van der Waals surface area contributed by atoms with Gasteiger partial charge < -0.3 is 5.11 Å². The highest BCUT2D eigenvalue weighted by Gasteiger charge is 2.47. The third-order valence-electron chi connectivity index (χ3n) is 5.05. The molecule has 1 saturated heterocycles. The van der Waals surface area contributed by atoms with Gasteiger partial charge in [0.05, 0.1) is 6.42 Å². The molecular formula is C17H23NO2. The Balaban J connectivity index is 1.59. The number of carbonyl (C=O) groups is 1. The van der Waals surface area contributed by atoms with Crippen LogP contribution >= 0.6 is 0 Å². The van der Waals surface area contributed by atoms with Gasteiger partial charge in [-0.05, 0) is 55.7 Å². The monoisotopic (exact) mass is 273 g/mol. The lowest BCUT2D eigenvalue weighted by molar-refractivity contribution is -0.141. The predicted octanol–water partition coefficient (Wildman–Crippen LogP) is 3.15. The van der Waals surface area contributed by atoms with Crippen LogP contribution < -0.4 is 0 Å². The lowest BCUT2D eigenvalue weighted by atomic mass is 9.71. The highest BCUT2D eigenvalue weighted by Crippen LogP contribution is 2.53. The van der Waals surface area contributed by atoms with Crippen molar-refractivity contribution in [2.45, 2.75) is 38.6 Å². The molecule has 0 amide bonds. The van der Waals surface area contributed by atoms with Gasteiger partial charge in [0.15, 0.2) is 0 Å². The van der Waals surface area contributed by atoms with E-state index >= 15 is 0 Å². The Labute approximate surface area is 120 Å². The second kappa shape index (κ2) is 5.57. The van der Waals surface area contributed by atoms with Crippen LogP contribution in [-0.4, -0.2) is 29.1 Å². The van der Waals surface area contributed by atoms with Gasteiger partial charge in [0.25, 0.3) is 0 Å². The number of nitrogens with zero attached hydrogens (tertiary/aromatic N) is 1. The Morgan fingerprint density at radius 3 is 2.40 bits per heavy atom. The summed E-state index contributed by atoms with van der Waals surface area (Å²) in [6.07, 6.45) is 4.96. The molecule has 3 rings (SSSR count). The van der Waals surface area contributed by atoms with Crippen molar-refractivity contribution < 1.29 is 9.90 Å². The van der Waals surface area contributed by atoms with E-state index in [9.17, 15) is 9.90 Å². The topological polar surface area (TPSA) is 40.5 Å². The van der Waals surface area contributed by atoms with Crippen molar-refractivity contribution in [3.8, 4) is 0 Å². The smallest absolute Gasteiger partial charge is 0.303 e. The number of carboxylic acids is 1. The van der Waals surface area contributed by atoms with E-state index in [1.807, 2.05) is 6.07 Å². The zero-order valence-electron chi connectivity index (χ0n) is 11.9. The Morgan fingerprint density at radius 1 is 1.20 bits per heavy atom. The Kier molecular flexibility index (Phi) is 3.79. The van der Waals surface area contributed by atoms with Gasteiger partial charge in [0.1, 0.15) is 0 Å². The maximum absolute atomic E-state index is 11.2. The molecule has 1 saturated carbocycles. The van der Waals surface area contributed by atoms with Gasteiger partial charge in [0, 0.05) is 6.54 Å². The van der Waals surface area contributed by atoms with Crippen molar-refractivity contribution in [3.63, 3.8) is 0 Å². The zero-order valence-corrected chi connectivity index (χ0v) is 11.9. The van der Waals surface area contributed by atoms with E-state index in [0.717, 1.165) is 32.5 Å². The maximum Gasteiger partial charge on any atom is 0.303 e. The molecule has 3 heteroatoms. The normalized spacial score (nSPS) is 22.6. The summed E-state index contributed by atoms with van der Waals surface area (Å²) in [6, 6.07) is 10.5. The average molecular weight is 273 g/mol. The molecule has 0 bridgehead atoms. The number of carboxylic acid groups (broad SMARTS) is 1. The molecule has 2 fully saturated rings. The molecule has 1 heterocycles. The SMILES string of the molecule is O=C(O)CC1(C2CC2)CCN(Cc2ccccc2)CC1. The van der Waals surface area contributed by atoms with Crippen molar-refractivity contribution in [3.05, 3.63) is 35.9 Å². The van der Waals surface area contributed by atoms with Gasteiger partial charge in [-0.25, -0.2) is 0 Å². The van der Waals surface area contributed by atoms with Crippen LogP contribution in [0.15, 0.2) is 30.3 Å². The first kappa shape index (κ1) is 13.6. The standard InChI is InChI=1S/C17H23NO2/c19-16(20)12-17(15-6-7-15)8-10-18(11-9-17)13-14-4-2-1-3-5-14/h1-5,15H,6-13H2,(H,19,20). The van der Waals surface area contributed by atoms with Crippen LogP contribution in [0.2, 0.25) is 0 Å². The third-order valence-corrected chi connectivity index (χ3v) is 5.05. The number of benzene rings is 1. The van der Waals surface area contributed by atoms with E-state index in [4.69, 9.17) is 0 Å². The van der Waals surface area contributed by atoms with Crippen molar-refractivity contribution >= 4 is 5.97 Å². The fourth-order valence-electron chi connectivity index (χ4n) is 3.72. The number of likely N-dealkylation sites (tertiary alicyclic amines) is 1. The number of hydrogen-bond donors (Lipinski definition) is 1. The third kappa shape index (κ3) is 3.04. The first-order valence-electron chi connectivity index (χ1n) is 7.66. The minimum Gasteiger partial charge on any atom is -0.481 e. The van der Waals surface area contributed by atoms with Crippen LogP contribution in [0.5, 0.6) is 0 Å². The van der Waals surface area contributed by atoms with Crippen LogP contribution in [0.4, 0.5) is 0 Å². The molecule has 108 valence electrons. The largest absolute Gasteiger partial charge is 0.481 e. The fourth-order valence-corrected chi connectivity index (χ4v) is 3.72. The number of aliphatic carboxylic acids is 1. The molecule has 0 unspecified atom stereocenters. The maximum atomic E-state index is 11.2. The zero-order chi connectivity index (χ0) is 14.0. The van der Waals surface area contributed by atoms with Crippen LogP contribution in [0, 0.1) is 11.3 Å². The van der Waals surface area contributed by atoms with Crippen LogP contribution in [0.1, 0.15) is 37.7 Å². The molecule has 1 aromatic carbocycles. The van der Waals surface area contributed by atoms with E-state index < -0.39 is 5.97 Å². The van der Waals surface area contributed by atoms with E-state index in [1.54, 1.807) is 0 Å². The summed E-state index contributed by atoms with van der Waals surface area (Å²) in [5.74, 6) is 0.0610. The predicted molar refractivity (Wildman–Crippen MR) is 78.4 cm³/mol. The minimum absolute atomic E-state index is 0.0963. The number of piperidine rings is 1. The van der Waals surface area contributed by atoms with E-state index in [2.05, 4.69) is 29.2 Å². The summed E-state index contributed by atoms with van der Waals surface area (Å²) < 4.78 is 0. The van der Waals surface area contributed by atoms with E-state index in [0.29, 0.717) is 12.3 Å². The Morgan fingerprint density at radius 2 is 1.85 bits per heavy atom. The van der Waals surface area contributed by atoms with Crippen LogP contribution in [0.3, 0.4) is 0 Å². The molecule has 1 aliphatic heterocycles. The van der Waals surface area contributed by atoms with Crippen LogP contribution in [0.25, 0.3) is 0 Å². The van der Waals surface area contributed by atoms with Gasteiger partial charge in [-0.15, -0.1) is 0 Å². The molecule has 0 atom stereocenters. The van der Waals surface area contributed by atoms with Gasteiger partial charge in [0.2, 0.25) is 0 Å². The van der Waals surface area contributed by atoms with E-state index in [-0.39, 0.29) is 5.41 Å². The summed E-state index contributed by atoms with van der Waals surface area (Å²) >= 11 is 0. The second-order valence-corrected chi connectivity index (χ2v) is 6.47. The second-order valence-electron chi connectivity index (χ2n) is 6.47. The molecular weight excluding hydrogens is 250 g/mol. The van der Waals surface area contributed by atoms with Crippen molar-refractivity contribution in [1.82, 2.24) is 4.90 Å². The molecule has 1 N–H and O–H groups in total. The van der Waals surface area contributed by atoms with Crippen molar-refractivity contribution in [2.75, 3.05) is 13.1 Å². The Hall–Kier alpha value is -1.35. The number of hydrogen-bond acceptors (Lipinski definition) is 2. The fraction of sp³-hybridized carbons (Fsp3) is 0.588. The summed E-state index contributed by atoms with van der Waals surface area (Å²) in [4.78, 5) is 13.6. The lowest BCUT2D eigenvalue weighted by Crippen LogP contribution is -2.42. The average Bonchev–Trinajstić information content (AvgIpc) is 3.27. The molecule has 0 radical (unpaired) electrons. The van der Waals surface area contributed by atoms with Gasteiger partial charge in [-0.3, -0.25) is 9.69 Å². The first-order chi connectivity index (χ1) is 9.68. The summed E-state index contributed by atoms with van der Waals surface area (Å²) in [5, 5.41) is 9.20. The summed E-state index contributed by atoms with van der Waals surface area (Å²) in [5.41, 5.74) is 1.45.